The summed E-state index contributed by atoms with van der Waals surface area (Å²) in [6.45, 7) is 3.55. The van der Waals surface area contributed by atoms with Gasteiger partial charge in [0, 0.05) is 17.7 Å². The number of carbonyl (C=O) groups excluding carboxylic acids is 1. The Kier molecular flexibility index (Phi) is 3.80. The van der Waals surface area contributed by atoms with E-state index in [0.29, 0.717) is 0 Å². The maximum Gasteiger partial charge on any atom is 0.338 e. The number of ether oxygens (including phenoxy) is 1. The van der Waals surface area contributed by atoms with Crippen LogP contribution in [0.25, 0.3) is 0 Å². The van der Waals surface area contributed by atoms with E-state index < -0.39 is 16.4 Å². The first-order chi connectivity index (χ1) is 7.79. The highest BCUT2D eigenvalue weighted by molar-refractivity contribution is 5.89. The number of nitrogens with two attached hydrogens (primary N) is 1. The van der Waals surface area contributed by atoms with Crippen LogP contribution in [-0.2, 0) is 4.74 Å². The van der Waals surface area contributed by atoms with E-state index in [0.717, 1.165) is 0 Å². The van der Waals surface area contributed by atoms with Gasteiger partial charge < -0.3 is 10.5 Å². The van der Waals surface area contributed by atoms with Crippen molar-refractivity contribution in [2.24, 2.45) is 5.73 Å². The summed E-state index contributed by atoms with van der Waals surface area (Å²) in [7, 11) is 0. The van der Waals surface area contributed by atoms with Gasteiger partial charge in [-0.05, 0) is 26.0 Å². The van der Waals surface area contributed by atoms with Crippen molar-refractivity contribution in [3.8, 4) is 0 Å². The van der Waals surface area contributed by atoms with Gasteiger partial charge in [0.1, 0.15) is 6.61 Å². The number of hydrogen-bond donors (Lipinski definition) is 1. The molecule has 0 aromatic heterocycles. The molecule has 0 amide bonds. The molecule has 0 aliphatic rings. The minimum Gasteiger partial charge on any atom is -0.460 e. The second-order valence-electron chi connectivity index (χ2n) is 4.37. The van der Waals surface area contributed by atoms with Crippen molar-refractivity contribution in [2.75, 3.05) is 6.61 Å². The van der Waals surface area contributed by atoms with Crippen molar-refractivity contribution >= 4 is 11.7 Å². The zero-order valence-corrected chi connectivity index (χ0v) is 9.67. The SMILES string of the molecule is CC(C)(N)COC(=O)c1ccc([N+](=O)[O-])cc1. The second kappa shape index (κ2) is 4.92. The lowest BCUT2D eigenvalue weighted by Gasteiger charge is -2.17. The van der Waals surface area contributed by atoms with Crippen molar-refractivity contribution < 1.29 is 14.5 Å². The van der Waals surface area contributed by atoms with Crippen LogP contribution in [0.1, 0.15) is 24.2 Å². The lowest BCUT2D eigenvalue weighted by molar-refractivity contribution is -0.384. The van der Waals surface area contributed by atoms with Gasteiger partial charge in [0.25, 0.3) is 5.69 Å². The predicted octanol–water partition coefficient (Wildman–Crippen LogP) is 1.49. The lowest BCUT2D eigenvalue weighted by atomic mass is 10.1. The van der Waals surface area contributed by atoms with Gasteiger partial charge in [0.2, 0.25) is 0 Å². The Morgan fingerprint density at radius 1 is 1.41 bits per heavy atom. The highest BCUT2D eigenvalue weighted by Crippen LogP contribution is 2.13. The molecule has 0 atom stereocenters. The third kappa shape index (κ3) is 4.20. The van der Waals surface area contributed by atoms with Crippen LogP contribution in [0.3, 0.4) is 0 Å². The van der Waals surface area contributed by atoms with Crippen molar-refractivity contribution in [1.82, 2.24) is 0 Å². The summed E-state index contributed by atoms with van der Waals surface area (Å²) >= 11 is 0. The highest BCUT2D eigenvalue weighted by atomic mass is 16.6. The number of nitro groups is 1. The average molecular weight is 238 g/mol. The van der Waals surface area contributed by atoms with E-state index in [9.17, 15) is 14.9 Å². The van der Waals surface area contributed by atoms with E-state index in [4.69, 9.17) is 10.5 Å². The molecule has 0 bridgehead atoms. The third-order valence-electron chi connectivity index (χ3n) is 1.89. The molecule has 6 heteroatoms. The van der Waals surface area contributed by atoms with Crippen molar-refractivity contribution in [1.29, 1.82) is 0 Å². The van der Waals surface area contributed by atoms with E-state index >= 15 is 0 Å². The van der Waals surface area contributed by atoms with E-state index in [-0.39, 0.29) is 17.9 Å². The Hall–Kier alpha value is -1.95. The number of benzene rings is 1. The van der Waals surface area contributed by atoms with Crippen LogP contribution in [0.2, 0.25) is 0 Å². The van der Waals surface area contributed by atoms with Gasteiger partial charge in [-0.2, -0.15) is 0 Å². The topological polar surface area (TPSA) is 95.5 Å². The van der Waals surface area contributed by atoms with Crippen LogP contribution < -0.4 is 5.73 Å². The molecule has 17 heavy (non-hydrogen) atoms. The first kappa shape index (κ1) is 13.1. The van der Waals surface area contributed by atoms with Gasteiger partial charge in [0.15, 0.2) is 0 Å². The quantitative estimate of drug-likeness (QED) is 0.487. The molecule has 0 spiro atoms. The van der Waals surface area contributed by atoms with Gasteiger partial charge in [-0.1, -0.05) is 0 Å². The number of rotatable bonds is 4. The van der Waals surface area contributed by atoms with Crippen LogP contribution in [-0.4, -0.2) is 23.0 Å². The summed E-state index contributed by atoms with van der Waals surface area (Å²) in [5.74, 6) is -0.543. The Morgan fingerprint density at radius 2 is 1.94 bits per heavy atom. The number of carbonyl (C=O) groups is 1. The van der Waals surface area contributed by atoms with Gasteiger partial charge in [-0.25, -0.2) is 4.79 Å². The number of nitro benzene ring substituents is 1. The Morgan fingerprint density at radius 3 is 2.35 bits per heavy atom. The Bertz CT molecular complexity index is 420. The van der Waals surface area contributed by atoms with Crippen LogP contribution in [0.4, 0.5) is 5.69 Å². The first-order valence-electron chi connectivity index (χ1n) is 5.00. The molecule has 6 nitrogen and oxygen atoms in total. The van der Waals surface area contributed by atoms with Gasteiger partial charge >= 0.3 is 5.97 Å². The summed E-state index contributed by atoms with van der Waals surface area (Å²) < 4.78 is 4.96. The molecule has 0 fully saturated rings. The summed E-state index contributed by atoms with van der Waals surface area (Å²) in [6.07, 6.45) is 0. The number of hydrogen-bond acceptors (Lipinski definition) is 5. The molecule has 1 aromatic carbocycles. The summed E-state index contributed by atoms with van der Waals surface area (Å²) in [5, 5.41) is 10.4. The van der Waals surface area contributed by atoms with Gasteiger partial charge in [0.05, 0.1) is 10.5 Å². The van der Waals surface area contributed by atoms with Crippen LogP contribution in [0, 0.1) is 10.1 Å². The van der Waals surface area contributed by atoms with Gasteiger partial charge in [-0.3, -0.25) is 10.1 Å². The van der Waals surface area contributed by atoms with Crippen LogP contribution in [0.5, 0.6) is 0 Å². The fourth-order valence-electron chi connectivity index (χ4n) is 1.05. The fourth-order valence-corrected chi connectivity index (χ4v) is 1.05. The maximum atomic E-state index is 11.5. The number of non-ortho nitro benzene ring substituents is 1. The van der Waals surface area contributed by atoms with Crippen molar-refractivity contribution in [3.63, 3.8) is 0 Å². The monoisotopic (exact) mass is 238 g/mol. The summed E-state index contributed by atoms with van der Waals surface area (Å²) in [5.41, 5.74) is 5.25. The zero-order valence-electron chi connectivity index (χ0n) is 9.67. The van der Waals surface area contributed by atoms with E-state index in [1.165, 1.54) is 24.3 Å². The second-order valence-corrected chi connectivity index (χ2v) is 4.37. The molecule has 1 rings (SSSR count). The number of esters is 1. The average Bonchev–Trinajstić information content (AvgIpc) is 2.25. The standard InChI is InChI=1S/C11H14N2O4/c1-11(2,12)7-17-10(14)8-3-5-9(6-4-8)13(15)16/h3-6H,7,12H2,1-2H3. The van der Waals surface area contributed by atoms with Gasteiger partial charge in [-0.15, -0.1) is 0 Å². The molecule has 0 radical (unpaired) electrons. The predicted molar refractivity (Wildman–Crippen MR) is 61.6 cm³/mol. The molecule has 2 N–H and O–H groups in total. The molecule has 0 unspecified atom stereocenters. The summed E-state index contributed by atoms with van der Waals surface area (Å²) in [6, 6.07) is 5.21. The lowest BCUT2D eigenvalue weighted by Crippen LogP contribution is -2.38. The van der Waals surface area contributed by atoms with E-state index in [1.807, 2.05) is 0 Å². The smallest absolute Gasteiger partial charge is 0.338 e. The molecule has 92 valence electrons. The molecule has 0 heterocycles. The first-order valence-corrected chi connectivity index (χ1v) is 5.00. The van der Waals surface area contributed by atoms with Crippen molar-refractivity contribution in [2.45, 2.75) is 19.4 Å². The third-order valence-corrected chi connectivity index (χ3v) is 1.89. The molecule has 0 aliphatic heterocycles. The molecular weight excluding hydrogens is 224 g/mol. The van der Waals surface area contributed by atoms with Crippen molar-refractivity contribution in [3.05, 3.63) is 39.9 Å². The van der Waals surface area contributed by atoms with E-state index in [2.05, 4.69) is 0 Å². The summed E-state index contributed by atoms with van der Waals surface area (Å²) in [4.78, 5) is 21.4. The van der Waals surface area contributed by atoms with E-state index in [1.54, 1.807) is 13.8 Å². The number of nitrogens with zero attached hydrogens (tertiary/aromatic N) is 1. The fraction of sp³-hybridized carbons (Fsp3) is 0.364. The molecule has 0 saturated heterocycles. The molecule has 1 aromatic rings. The maximum absolute atomic E-state index is 11.5. The van der Waals surface area contributed by atoms with Crippen LogP contribution >= 0.6 is 0 Å². The zero-order chi connectivity index (χ0) is 13.1. The molecule has 0 aliphatic carbocycles. The van der Waals surface area contributed by atoms with Crippen LogP contribution in [0.15, 0.2) is 24.3 Å². The largest absolute Gasteiger partial charge is 0.460 e. The molecule has 0 saturated carbocycles. The molecular formula is C11H14N2O4. The minimum absolute atomic E-state index is 0.0688. The normalized spacial score (nSPS) is 11.0. The minimum atomic E-state index is -0.601. The Labute approximate surface area is 98.5 Å². The highest BCUT2D eigenvalue weighted by Gasteiger charge is 2.16. The Balaban J connectivity index is 2.67.